The number of rotatable bonds is 14. The van der Waals surface area contributed by atoms with Crippen LogP contribution in [-0.2, 0) is 45.0 Å². The SMILES string of the molecule is C.C.Cc1ncc(CCC(=O)c2cnc(CN)c(C)n2)s1.Cc1ncc(CCC(=O)c2cnc(CNS(=O)(=O)c3ccc(F)c(Cl)c3)c(C)n2)s1.Cl.O=S(=O)(Cl)c1ccc(F)c(Cl)c1. The zero-order valence-electron chi connectivity index (χ0n) is 33.2. The number of halogens is 6. The first kappa shape index (κ1) is 58.1. The molecular weight excluding hydrogens is 997 g/mol. The van der Waals surface area contributed by atoms with E-state index in [9.17, 15) is 35.2 Å². The van der Waals surface area contributed by atoms with E-state index in [-0.39, 0.29) is 77.3 Å². The van der Waals surface area contributed by atoms with Crippen LogP contribution in [0.5, 0.6) is 0 Å². The van der Waals surface area contributed by atoms with Gasteiger partial charge in [-0.15, -0.1) is 35.1 Å². The Balaban J connectivity index is 0.000000517. The van der Waals surface area contributed by atoms with Gasteiger partial charge in [0.2, 0.25) is 10.0 Å². The zero-order valence-corrected chi connectivity index (χ0v) is 39.5. The molecule has 0 saturated heterocycles. The molecule has 0 unspecified atom stereocenters. The van der Waals surface area contributed by atoms with E-state index in [4.69, 9.17) is 39.6 Å². The summed E-state index contributed by atoms with van der Waals surface area (Å²) in [6.07, 6.45) is 8.41. The minimum atomic E-state index is -3.92. The molecule has 0 aliphatic rings. The molecule has 0 radical (unpaired) electrons. The summed E-state index contributed by atoms with van der Waals surface area (Å²) in [4.78, 5) is 51.4. The molecule has 4 heterocycles. The van der Waals surface area contributed by atoms with Crippen LogP contribution in [0.15, 0.2) is 71.0 Å². The molecular formula is C40H46Cl4F2N8O6S4. The molecule has 14 nitrogen and oxygen atoms in total. The van der Waals surface area contributed by atoms with Crippen molar-refractivity contribution in [3.05, 3.63) is 137 Å². The number of benzene rings is 2. The lowest BCUT2D eigenvalue weighted by Gasteiger charge is -2.09. The molecule has 0 fully saturated rings. The lowest BCUT2D eigenvalue weighted by Crippen LogP contribution is -2.24. The van der Waals surface area contributed by atoms with E-state index >= 15 is 0 Å². The number of nitrogens with zero attached hydrogens (tertiary/aromatic N) is 6. The van der Waals surface area contributed by atoms with Gasteiger partial charge in [-0.05, 0) is 76.9 Å². The number of Topliss-reactive ketones (excluding diaryl/α,β-unsaturated/α-hetero) is 2. The molecule has 0 saturated carbocycles. The van der Waals surface area contributed by atoms with E-state index in [1.54, 1.807) is 35.8 Å². The minimum Gasteiger partial charge on any atom is -0.325 e. The average Bonchev–Trinajstić information content (AvgIpc) is 3.84. The molecule has 24 heteroatoms. The first-order chi connectivity index (χ1) is 28.7. The number of nitrogens with one attached hydrogen (secondary N) is 1. The number of carbonyl (C=O) groups is 2. The van der Waals surface area contributed by atoms with Gasteiger partial charge in [0.25, 0.3) is 9.05 Å². The van der Waals surface area contributed by atoms with Crippen molar-refractivity contribution in [1.29, 1.82) is 0 Å². The van der Waals surface area contributed by atoms with Gasteiger partial charge >= 0.3 is 0 Å². The van der Waals surface area contributed by atoms with Crippen LogP contribution < -0.4 is 10.5 Å². The van der Waals surface area contributed by atoms with Crippen molar-refractivity contribution in [2.24, 2.45) is 5.73 Å². The molecule has 6 rings (SSSR count). The summed E-state index contributed by atoms with van der Waals surface area (Å²) in [5.74, 6) is -1.53. The highest BCUT2D eigenvalue weighted by molar-refractivity contribution is 8.13. The number of hydrogen-bond donors (Lipinski definition) is 2. The molecule has 0 spiro atoms. The molecule has 4 aromatic heterocycles. The highest BCUT2D eigenvalue weighted by atomic mass is 35.7. The number of aryl methyl sites for hydroxylation is 6. The summed E-state index contributed by atoms with van der Waals surface area (Å²) in [6, 6.07) is 6.08. The van der Waals surface area contributed by atoms with Crippen molar-refractivity contribution in [2.75, 3.05) is 0 Å². The lowest BCUT2D eigenvalue weighted by molar-refractivity contribution is 0.0969. The normalized spacial score (nSPS) is 10.8. The second kappa shape index (κ2) is 26.3. The standard InChI is InChI=1S/C19H18ClFN4O3S2.C13H16N4OS.C6H3Cl2FO2S.2CH4.ClH/c1-11-17(10-24-30(27,28)14-4-5-16(21)15(20)7-14)23-9-18(25-11)19(26)6-3-13-8-22-12(2)29-13;1-8-11(5-14)16-7-12(17-8)13(18)4-3-10-6-15-9(2)19-10;7-5-3-4(12(8,10)11)1-2-6(5)9;;;/h4-5,7-9,24H,3,6,10H2,1-2H3;6-7H,3-5,14H2,1-2H3;1-3H;2*1H4;1H. The third kappa shape index (κ3) is 17.4. The van der Waals surface area contributed by atoms with Crippen molar-refractivity contribution in [1.82, 2.24) is 34.6 Å². The van der Waals surface area contributed by atoms with Crippen molar-refractivity contribution in [3.8, 4) is 0 Å². The van der Waals surface area contributed by atoms with E-state index in [1.165, 1.54) is 12.4 Å². The monoisotopic (exact) mass is 1040 g/mol. The van der Waals surface area contributed by atoms with Gasteiger partial charge in [-0.3, -0.25) is 19.6 Å². The second-order valence-corrected chi connectivity index (χ2v) is 20.5. The van der Waals surface area contributed by atoms with Gasteiger partial charge in [-0.2, -0.15) is 0 Å². The quantitative estimate of drug-likeness (QED) is 0.0768. The average molecular weight is 1040 g/mol. The number of thiazole rings is 2. The van der Waals surface area contributed by atoms with Crippen molar-refractivity contribution >= 4 is 99.6 Å². The molecule has 0 aliphatic heterocycles. The van der Waals surface area contributed by atoms with Crippen LogP contribution in [-0.4, -0.2) is 58.3 Å². The van der Waals surface area contributed by atoms with Gasteiger partial charge in [0.05, 0.1) is 71.6 Å². The maximum Gasteiger partial charge on any atom is 0.261 e. The molecule has 0 aliphatic carbocycles. The Labute approximate surface area is 400 Å². The zero-order chi connectivity index (χ0) is 45.1. The predicted molar refractivity (Wildman–Crippen MR) is 251 cm³/mol. The third-order valence-corrected chi connectivity index (χ3v) is 13.5. The fraction of sp³-hybridized carbons (Fsp3) is 0.300. The molecule has 64 heavy (non-hydrogen) atoms. The molecule has 3 N–H and O–H groups in total. The van der Waals surface area contributed by atoms with Crippen LogP contribution in [0.1, 0.15) is 91.2 Å². The Morgan fingerprint density at radius 2 is 1.11 bits per heavy atom. The van der Waals surface area contributed by atoms with Gasteiger partial charge < -0.3 is 5.73 Å². The maximum atomic E-state index is 13.3. The summed E-state index contributed by atoms with van der Waals surface area (Å²) in [5.41, 5.74) is 8.43. The fourth-order valence-corrected chi connectivity index (χ4v) is 8.82. The van der Waals surface area contributed by atoms with Crippen molar-refractivity contribution < 1.29 is 35.2 Å². The second-order valence-electron chi connectivity index (χ2n) is 12.7. The molecule has 0 amide bonds. The first-order valence-electron chi connectivity index (χ1n) is 17.7. The number of aromatic nitrogens is 6. The van der Waals surface area contributed by atoms with E-state index in [2.05, 4.69) is 34.6 Å². The largest absolute Gasteiger partial charge is 0.325 e. The van der Waals surface area contributed by atoms with Gasteiger partial charge in [-0.25, -0.2) is 50.3 Å². The number of carbonyl (C=O) groups excluding carboxylic acids is 2. The summed E-state index contributed by atoms with van der Waals surface area (Å²) in [6.45, 7) is 7.53. The van der Waals surface area contributed by atoms with E-state index < -0.39 is 30.7 Å². The topological polar surface area (TPSA) is 218 Å². The molecule has 0 bridgehead atoms. The summed E-state index contributed by atoms with van der Waals surface area (Å²) < 4.78 is 74.3. The number of ketones is 2. The van der Waals surface area contributed by atoms with Crippen molar-refractivity contribution in [2.45, 2.75) is 91.1 Å². The highest BCUT2D eigenvalue weighted by Crippen LogP contribution is 2.23. The summed E-state index contributed by atoms with van der Waals surface area (Å²) in [7, 11) is -2.77. The summed E-state index contributed by atoms with van der Waals surface area (Å²) >= 11 is 14.1. The minimum absolute atomic E-state index is 0. The van der Waals surface area contributed by atoms with Gasteiger partial charge in [0.15, 0.2) is 11.6 Å². The third-order valence-electron chi connectivity index (χ3n) is 8.20. The number of sulfonamides is 1. The lowest BCUT2D eigenvalue weighted by atomic mass is 10.1. The molecule has 6 aromatic rings. The van der Waals surface area contributed by atoms with E-state index in [0.717, 1.165) is 67.6 Å². The van der Waals surface area contributed by atoms with Gasteiger partial charge in [0.1, 0.15) is 23.0 Å². The van der Waals surface area contributed by atoms with E-state index in [0.29, 0.717) is 42.9 Å². The van der Waals surface area contributed by atoms with Crippen LogP contribution in [0.2, 0.25) is 10.0 Å². The Bertz CT molecular complexity index is 2760. The number of nitrogens with two attached hydrogens (primary N) is 1. The fourth-order valence-electron chi connectivity index (χ4n) is 4.95. The van der Waals surface area contributed by atoms with Crippen LogP contribution >= 0.6 is 69.0 Å². The molecule has 2 aromatic carbocycles. The van der Waals surface area contributed by atoms with Gasteiger partial charge in [-0.1, -0.05) is 38.1 Å². The van der Waals surface area contributed by atoms with Crippen LogP contribution in [0.3, 0.4) is 0 Å². The number of hydrogen-bond acceptors (Lipinski definition) is 15. The van der Waals surface area contributed by atoms with Gasteiger partial charge in [0, 0.05) is 52.2 Å². The molecule has 0 atom stereocenters. The Morgan fingerprint density at radius 3 is 1.48 bits per heavy atom. The van der Waals surface area contributed by atoms with E-state index in [1.807, 2.05) is 27.0 Å². The predicted octanol–water partition coefficient (Wildman–Crippen LogP) is 9.56. The van der Waals surface area contributed by atoms with Crippen LogP contribution in [0.4, 0.5) is 8.78 Å². The Hall–Kier alpha value is -3.96. The smallest absolute Gasteiger partial charge is 0.261 e. The highest BCUT2D eigenvalue weighted by Gasteiger charge is 2.18. The first-order valence-corrected chi connectivity index (χ1v) is 23.9. The Morgan fingerprint density at radius 1 is 0.688 bits per heavy atom. The van der Waals surface area contributed by atoms with Crippen molar-refractivity contribution in [3.63, 3.8) is 0 Å². The molecule has 348 valence electrons. The van der Waals surface area contributed by atoms with Crippen LogP contribution in [0, 0.1) is 39.3 Å². The maximum absolute atomic E-state index is 13.3. The van der Waals surface area contributed by atoms with Crippen LogP contribution in [0.25, 0.3) is 0 Å². The summed E-state index contributed by atoms with van der Waals surface area (Å²) in [5, 5.41) is 1.41. The Kier molecular flexibility index (Phi) is 23.8.